The van der Waals surface area contributed by atoms with Gasteiger partial charge in [0.1, 0.15) is 28.9 Å². The minimum absolute atomic E-state index is 0.162. The zero-order chi connectivity index (χ0) is 33.4. The molecule has 2 saturated heterocycles. The van der Waals surface area contributed by atoms with Crippen LogP contribution in [0.2, 0.25) is 0 Å². The Bertz CT molecular complexity index is 1640. The van der Waals surface area contributed by atoms with E-state index < -0.39 is 40.7 Å². The van der Waals surface area contributed by atoms with Crippen LogP contribution in [0.1, 0.15) is 64.7 Å². The number of anilines is 2. The number of aromatic nitrogens is 3. The molecular formula is C33H38N6O7. The molecule has 0 aliphatic carbocycles. The Morgan fingerprint density at radius 3 is 2.07 bits per heavy atom. The fourth-order valence-electron chi connectivity index (χ4n) is 5.41. The lowest BCUT2D eigenvalue weighted by Crippen LogP contribution is -2.58. The molecule has 2 aromatic heterocycles. The van der Waals surface area contributed by atoms with Crippen molar-refractivity contribution < 1.29 is 33.4 Å². The zero-order valence-corrected chi connectivity index (χ0v) is 27.1. The Morgan fingerprint density at radius 1 is 0.848 bits per heavy atom. The van der Waals surface area contributed by atoms with Crippen molar-refractivity contribution in [3.05, 3.63) is 60.6 Å². The quantitative estimate of drug-likeness (QED) is 0.271. The summed E-state index contributed by atoms with van der Waals surface area (Å²) >= 11 is 0. The maximum Gasteiger partial charge on any atom is 0.410 e. The number of rotatable bonds is 5. The molecule has 2 fully saturated rings. The molecule has 0 saturated carbocycles. The van der Waals surface area contributed by atoms with Gasteiger partial charge in [-0.05, 0) is 78.6 Å². The molecule has 1 spiro atoms. The Hall–Kier alpha value is -5.07. The number of carbonyl (C=O) groups is 4. The van der Waals surface area contributed by atoms with E-state index in [1.54, 1.807) is 82.8 Å². The van der Waals surface area contributed by atoms with Crippen LogP contribution in [0.15, 0.2) is 55.0 Å². The second kappa shape index (κ2) is 12.0. The molecule has 13 heteroatoms. The first-order valence-corrected chi connectivity index (χ1v) is 14.9. The number of ether oxygens (including phenoxy) is 3. The second-order valence-corrected chi connectivity index (χ2v) is 13.2. The zero-order valence-electron chi connectivity index (χ0n) is 27.1. The third kappa shape index (κ3) is 6.49. The minimum Gasteiger partial charge on any atom is -0.481 e. The molecule has 0 radical (unpaired) electrons. The summed E-state index contributed by atoms with van der Waals surface area (Å²) in [5.41, 5.74) is -0.596. The van der Waals surface area contributed by atoms with E-state index in [0.29, 0.717) is 11.3 Å². The summed E-state index contributed by atoms with van der Waals surface area (Å²) in [5, 5.41) is 0. The van der Waals surface area contributed by atoms with Crippen LogP contribution >= 0.6 is 0 Å². The SMILES string of the molecule is COc1cc(N2C(=O)N(c3ccc(-c4ccc(C(=O)OC(C)(C)C)cc4)nc3)C(=O)C23CCN(C(=O)OC(C)(C)C)CC3)ncn1. The van der Waals surface area contributed by atoms with Gasteiger partial charge in [0, 0.05) is 24.7 Å². The van der Waals surface area contributed by atoms with Gasteiger partial charge in [0.25, 0.3) is 5.91 Å². The molecule has 0 bridgehead atoms. The topological polar surface area (TPSA) is 144 Å². The van der Waals surface area contributed by atoms with E-state index in [1.807, 2.05) is 0 Å². The molecule has 2 aliphatic heterocycles. The highest BCUT2D eigenvalue weighted by Gasteiger charge is 2.60. The minimum atomic E-state index is -1.31. The van der Waals surface area contributed by atoms with E-state index in [1.165, 1.54) is 30.6 Å². The molecule has 0 N–H and O–H groups in total. The molecule has 242 valence electrons. The molecule has 0 unspecified atom stereocenters. The molecule has 2 aliphatic rings. The number of nitrogens with zero attached hydrogens (tertiary/aromatic N) is 6. The summed E-state index contributed by atoms with van der Waals surface area (Å²) in [5.74, 6) is -0.442. The van der Waals surface area contributed by atoms with Crippen molar-refractivity contribution in [2.24, 2.45) is 0 Å². The molecule has 5 rings (SSSR count). The van der Waals surface area contributed by atoms with Crippen molar-refractivity contribution in [1.29, 1.82) is 0 Å². The number of amides is 4. The van der Waals surface area contributed by atoms with E-state index in [-0.39, 0.29) is 43.3 Å². The van der Waals surface area contributed by atoms with E-state index >= 15 is 0 Å². The summed E-state index contributed by atoms with van der Waals surface area (Å²) in [6.07, 6.45) is 2.57. The molecule has 4 amide bonds. The molecular weight excluding hydrogens is 592 g/mol. The summed E-state index contributed by atoms with van der Waals surface area (Å²) in [4.78, 5) is 70.5. The van der Waals surface area contributed by atoms with Crippen LogP contribution in [0.3, 0.4) is 0 Å². The lowest BCUT2D eigenvalue weighted by atomic mass is 9.86. The summed E-state index contributed by atoms with van der Waals surface area (Å²) in [7, 11) is 1.45. The molecule has 3 aromatic rings. The van der Waals surface area contributed by atoms with E-state index in [0.717, 1.165) is 10.5 Å². The fourth-order valence-corrected chi connectivity index (χ4v) is 5.41. The van der Waals surface area contributed by atoms with Crippen molar-refractivity contribution in [2.75, 3.05) is 30.0 Å². The number of hydrogen-bond donors (Lipinski definition) is 0. The monoisotopic (exact) mass is 630 g/mol. The summed E-state index contributed by atoms with van der Waals surface area (Å²) in [6, 6.07) is 11.1. The Labute approximate surface area is 267 Å². The lowest BCUT2D eigenvalue weighted by Gasteiger charge is -2.41. The predicted molar refractivity (Wildman–Crippen MR) is 169 cm³/mol. The van der Waals surface area contributed by atoms with Gasteiger partial charge < -0.3 is 19.1 Å². The van der Waals surface area contributed by atoms with Gasteiger partial charge in [-0.1, -0.05) is 12.1 Å². The smallest absolute Gasteiger partial charge is 0.410 e. The number of likely N-dealkylation sites (tertiary alicyclic amines) is 1. The van der Waals surface area contributed by atoms with Crippen molar-refractivity contribution in [1.82, 2.24) is 19.9 Å². The largest absolute Gasteiger partial charge is 0.481 e. The average Bonchev–Trinajstić information content (AvgIpc) is 3.20. The Balaban J connectivity index is 1.42. The maximum absolute atomic E-state index is 14.3. The van der Waals surface area contributed by atoms with Gasteiger partial charge in [-0.15, -0.1) is 0 Å². The van der Waals surface area contributed by atoms with Gasteiger partial charge >= 0.3 is 18.1 Å². The molecule has 0 atom stereocenters. The fraction of sp³-hybridized carbons (Fsp3) is 0.424. The number of methoxy groups -OCH3 is 1. The van der Waals surface area contributed by atoms with Gasteiger partial charge in [-0.3, -0.25) is 14.7 Å². The van der Waals surface area contributed by atoms with Gasteiger partial charge in [0.15, 0.2) is 0 Å². The Morgan fingerprint density at radius 2 is 1.50 bits per heavy atom. The molecule has 4 heterocycles. The second-order valence-electron chi connectivity index (χ2n) is 13.2. The number of esters is 1. The van der Waals surface area contributed by atoms with Gasteiger partial charge in [-0.2, -0.15) is 0 Å². The number of imide groups is 1. The number of carbonyl (C=O) groups excluding carboxylic acids is 4. The highest BCUT2D eigenvalue weighted by Crippen LogP contribution is 2.42. The number of benzene rings is 1. The average molecular weight is 631 g/mol. The van der Waals surface area contributed by atoms with Crippen molar-refractivity contribution in [3.63, 3.8) is 0 Å². The summed E-state index contributed by atoms with van der Waals surface area (Å²) < 4.78 is 16.2. The molecule has 1 aromatic carbocycles. The third-order valence-corrected chi connectivity index (χ3v) is 7.54. The van der Waals surface area contributed by atoms with Crippen molar-refractivity contribution in [2.45, 2.75) is 71.1 Å². The first-order chi connectivity index (χ1) is 21.6. The normalized spacial score (nSPS) is 16.5. The van der Waals surface area contributed by atoms with Crippen molar-refractivity contribution >= 4 is 35.5 Å². The van der Waals surface area contributed by atoms with Gasteiger partial charge in [0.2, 0.25) is 5.88 Å². The number of piperidine rings is 1. The van der Waals surface area contributed by atoms with Crippen LogP contribution in [-0.2, 0) is 14.3 Å². The first-order valence-electron chi connectivity index (χ1n) is 14.9. The van der Waals surface area contributed by atoms with Crippen LogP contribution in [0, 0.1) is 0 Å². The van der Waals surface area contributed by atoms with Crippen LogP contribution in [0.4, 0.5) is 21.1 Å². The third-order valence-electron chi connectivity index (χ3n) is 7.54. The molecule has 46 heavy (non-hydrogen) atoms. The number of pyridine rings is 1. The van der Waals surface area contributed by atoms with Crippen molar-refractivity contribution in [3.8, 4) is 17.1 Å². The van der Waals surface area contributed by atoms with Gasteiger partial charge in [-0.25, -0.2) is 29.3 Å². The van der Waals surface area contributed by atoms with E-state index in [4.69, 9.17) is 14.2 Å². The predicted octanol–water partition coefficient (Wildman–Crippen LogP) is 5.25. The van der Waals surface area contributed by atoms with Crippen LogP contribution in [-0.4, -0.2) is 80.8 Å². The van der Waals surface area contributed by atoms with Crippen LogP contribution in [0.25, 0.3) is 11.3 Å². The van der Waals surface area contributed by atoms with E-state index in [2.05, 4.69) is 15.0 Å². The Kier molecular flexibility index (Phi) is 8.45. The highest BCUT2D eigenvalue weighted by molar-refractivity contribution is 6.30. The maximum atomic E-state index is 14.3. The first kappa shape index (κ1) is 32.3. The standard InChI is InChI=1S/C33H38N6O7/c1-31(2,3)45-27(40)22-10-8-21(9-11-22)24-13-12-23(19-34-24)38-28(41)33(14-16-37(17-15-33)30(43)46-32(4,5)6)39(29(38)42)25-18-26(44-7)36-20-35-25/h8-13,18-20H,14-17H2,1-7H3. The van der Waals surface area contributed by atoms with E-state index in [9.17, 15) is 19.2 Å². The number of hydrogen-bond acceptors (Lipinski definition) is 10. The number of urea groups is 1. The van der Waals surface area contributed by atoms with Crippen LogP contribution < -0.4 is 14.5 Å². The summed E-state index contributed by atoms with van der Waals surface area (Å²) in [6.45, 7) is 11.2. The lowest BCUT2D eigenvalue weighted by molar-refractivity contribution is -0.123. The molecule has 13 nitrogen and oxygen atoms in total. The van der Waals surface area contributed by atoms with Gasteiger partial charge in [0.05, 0.1) is 30.3 Å². The van der Waals surface area contributed by atoms with Crippen LogP contribution in [0.5, 0.6) is 5.88 Å². The highest BCUT2D eigenvalue weighted by atomic mass is 16.6.